The normalized spacial score (nSPS) is 11.0. The molecule has 0 fully saturated rings. The van der Waals surface area contributed by atoms with Gasteiger partial charge in [-0.15, -0.1) is 16.4 Å². The molecule has 0 saturated heterocycles. The molecule has 0 spiro atoms. The van der Waals surface area contributed by atoms with Gasteiger partial charge in [0.2, 0.25) is 0 Å². The number of hydrogen-bond acceptors (Lipinski definition) is 6. The second kappa shape index (κ2) is 6.48. The number of carbonyl (C=O) groups is 1. The Hall–Kier alpha value is -2.61. The highest BCUT2D eigenvalue weighted by Crippen LogP contribution is 2.26. The molecule has 0 bridgehead atoms. The number of benzene rings is 1. The molecule has 24 heavy (non-hydrogen) atoms. The van der Waals surface area contributed by atoms with Crippen LogP contribution < -0.4 is 5.32 Å². The van der Waals surface area contributed by atoms with Crippen LogP contribution in [0.1, 0.15) is 45.7 Å². The quantitative estimate of drug-likeness (QED) is 0.787. The predicted octanol–water partition coefficient (Wildman–Crippen LogP) is 3.11. The van der Waals surface area contributed by atoms with Crippen molar-refractivity contribution < 1.29 is 4.79 Å². The number of carbonyl (C=O) groups excluding carboxylic acids is 1. The lowest BCUT2D eigenvalue weighted by molar-refractivity contribution is 0.102. The van der Waals surface area contributed by atoms with Gasteiger partial charge in [0.15, 0.2) is 0 Å². The number of anilines is 1. The Labute approximate surface area is 143 Å². The molecule has 0 aliphatic heterocycles. The fourth-order valence-corrected chi connectivity index (χ4v) is 3.19. The first-order valence-corrected chi connectivity index (χ1v) is 8.40. The summed E-state index contributed by atoms with van der Waals surface area (Å²) in [4.78, 5) is 17.8. The molecule has 8 heteroatoms. The summed E-state index contributed by atoms with van der Waals surface area (Å²) in [5, 5.41) is 15.1. The summed E-state index contributed by atoms with van der Waals surface area (Å²) in [5.74, 6) is 0.161. The summed E-state index contributed by atoms with van der Waals surface area (Å²) in [6.45, 7) is 7.94. The smallest absolute Gasteiger partial charge is 0.267 e. The fraction of sp³-hybridized carbons (Fsp3) is 0.312. The standard InChI is InChI=1S/C16H18N6OS/c1-9(2)16-18-11(4)14(24-16)15(23)19-13-7-12(6-5-10(13)3)22-8-17-20-21-22/h5-9H,1-4H3,(H,19,23). The van der Waals surface area contributed by atoms with Crippen molar-refractivity contribution >= 4 is 22.9 Å². The molecule has 3 rings (SSSR count). The molecule has 1 amide bonds. The third-order valence-electron chi connectivity index (χ3n) is 3.60. The molecular formula is C16H18N6OS. The molecule has 0 atom stereocenters. The van der Waals surface area contributed by atoms with Crippen LogP contribution in [0.2, 0.25) is 0 Å². The first-order valence-electron chi connectivity index (χ1n) is 7.58. The Bertz CT molecular complexity index is 869. The van der Waals surface area contributed by atoms with Crippen LogP contribution in [0, 0.1) is 13.8 Å². The van der Waals surface area contributed by atoms with Gasteiger partial charge >= 0.3 is 0 Å². The molecule has 2 aromatic heterocycles. The third-order valence-corrected chi connectivity index (χ3v) is 5.05. The maximum Gasteiger partial charge on any atom is 0.267 e. The highest BCUT2D eigenvalue weighted by molar-refractivity contribution is 7.14. The van der Waals surface area contributed by atoms with E-state index in [2.05, 4.69) is 39.7 Å². The average Bonchev–Trinajstić information content (AvgIpc) is 3.19. The molecule has 1 aromatic carbocycles. The number of thiazole rings is 1. The van der Waals surface area contributed by atoms with Crippen molar-refractivity contribution in [3.05, 3.63) is 45.7 Å². The van der Waals surface area contributed by atoms with Gasteiger partial charge in [-0.3, -0.25) is 4.79 Å². The van der Waals surface area contributed by atoms with Crippen molar-refractivity contribution in [3.63, 3.8) is 0 Å². The minimum Gasteiger partial charge on any atom is -0.321 e. The molecule has 0 radical (unpaired) electrons. The number of tetrazole rings is 1. The largest absolute Gasteiger partial charge is 0.321 e. The van der Waals surface area contributed by atoms with Crippen LogP contribution in [0.3, 0.4) is 0 Å². The Morgan fingerprint density at radius 1 is 1.29 bits per heavy atom. The average molecular weight is 342 g/mol. The molecule has 3 aromatic rings. The lowest BCUT2D eigenvalue weighted by Crippen LogP contribution is -2.13. The molecule has 1 N–H and O–H groups in total. The van der Waals surface area contributed by atoms with Crippen LogP contribution in [0.5, 0.6) is 0 Å². The zero-order chi connectivity index (χ0) is 17.3. The van der Waals surface area contributed by atoms with Crippen LogP contribution in [0.15, 0.2) is 24.5 Å². The van der Waals surface area contributed by atoms with E-state index in [9.17, 15) is 4.79 Å². The highest BCUT2D eigenvalue weighted by Gasteiger charge is 2.17. The van der Waals surface area contributed by atoms with E-state index in [1.165, 1.54) is 17.7 Å². The molecule has 0 aliphatic carbocycles. The first-order chi connectivity index (χ1) is 11.5. The molecular weight excluding hydrogens is 324 g/mol. The molecule has 2 heterocycles. The van der Waals surface area contributed by atoms with Crippen LogP contribution in [0.4, 0.5) is 5.69 Å². The Kier molecular flexibility index (Phi) is 4.39. The number of amides is 1. The van der Waals surface area contributed by atoms with Crippen LogP contribution in [-0.4, -0.2) is 31.1 Å². The van der Waals surface area contributed by atoms with Crippen LogP contribution >= 0.6 is 11.3 Å². The maximum absolute atomic E-state index is 12.6. The zero-order valence-corrected chi connectivity index (χ0v) is 14.8. The molecule has 0 aliphatic rings. The number of aryl methyl sites for hydroxylation is 2. The van der Waals surface area contributed by atoms with Gasteiger partial charge in [-0.25, -0.2) is 9.67 Å². The van der Waals surface area contributed by atoms with Crippen LogP contribution in [-0.2, 0) is 0 Å². The summed E-state index contributed by atoms with van der Waals surface area (Å²) in [6.07, 6.45) is 1.51. The zero-order valence-electron chi connectivity index (χ0n) is 13.9. The molecule has 0 unspecified atom stereocenters. The van der Waals surface area contributed by atoms with E-state index in [0.717, 1.165) is 27.6 Å². The van der Waals surface area contributed by atoms with Crippen molar-refractivity contribution in [2.24, 2.45) is 0 Å². The highest BCUT2D eigenvalue weighted by atomic mass is 32.1. The number of nitrogens with one attached hydrogen (secondary N) is 1. The topological polar surface area (TPSA) is 85.6 Å². The summed E-state index contributed by atoms with van der Waals surface area (Å²) in [6, 6.07) is 5.67. The van der Waals surface area contributed by atoms with Gasteiger partial charge in [0.05, 0.1) is 16.4 Å². The van der Waals surface area contributed by atoms with E-state index in [4.69, 9.17) is 0 Å². The van der Waals surface area contributed by atoms with Crippen LogP contribution in [0.25, 0.3) is 5.69 Å². The summed E-state index contributed by atoms with van der Waals surface area (Å²) in [5.41, 5.74) is 3.23. The summed E-state index contributed by atoms with van der Waals surface area (Å²) in [7, 11) is 0. The molecule has 7 nitrogen and oxygen atoms in total. The van der Waals surface area contributed by atoms with Gasteiger partial charge < -0.3 is 5.32 Å². The lowest BCUT2D eigenvalue weighted by atomic mass is 10.1. The van der Waals surface area contributed by atoms with Crippen molar-refractivity contribution in [2.75, 3.05) is 5.32 Å². The number of rotatable bonds is 4. The summed E-state index contributed by atoms with van der Waals surface area (Å²) >= 11 is 1.44. The number of hydrogen-bond donors (Lipinski definition) is 1. The van der Waals surface area contributed by atoms with E-state index in [-0.39, 0.29) is 5.91 Å². The fourth-order valence-electron chi connectivity index (χ4n) is 2.22. The number of aromatic nitrogens is 5. The second-order valence-electron chi connectivity index (χ2n) is 5.83. The SMILES string of the molecule is Cc1ccc(-n2cnnn2)cc1NC(=O)c1sc(C(C)C)nc1C. The minimum absolute atomic E-state index is 0.145. The van der Waals surface area contributed by atoms with Gasteiger partial charge in [0, 0.05) is 11.6 Å². The Morgan fingerprint density at radius 2 is 2.08 bits per heavy atom. The second-order valence-corrected chi connectivity index (χ2v) is 6.86. The van der Waals surface area contributed by atoms with E-state index in [1.807, 2.05) is 32.0 Å². The first kappa shape index (κ1) is 16.3. The Morgan fingerprint density at radius 3 is 2.71 bits per heavy atom. The lowest BCUT2D eigenvalue weighted by Gasteiger charge is -2.10. The van der Waals surface area contributed by atoms with Crippen molar-refractivity contribution in [1.82, 2.24) is 25.2 Å². The minimum atomic E-state index is -0.145. The molecule has 0 saturated carbocycles. The van der Waals surface area contributed by atoms with Gasteiger partial charge in [0.1, 0.15) is 11.2 Å². The van der Waals surface area contributed by atoms with Crippen molar-refractivity contribution in [2.45, 2.75) is 33.6 Å². The third kappa shape index (κ3) is 3.18. The van der Waals surface area contributed by atoms with Gasteiger partial charge in [0.25, 0.3) is 5.91 Å². The monoisotopic (exact) mass is 342 g/mol. The van der Waals surface area contributed by atoms with E-state index >= 15 is 0 Å². The van der Waals surface area contributed by atoms with Crippen molar-refractivity contribution in [1.29, 1.82) is 0 Å². The van der Waals surface area contributed by atoms with Gasteiger partial charge in [-0.05, 0) is 42.0 Å². The Balaban J connectivity index is 1.88. The van der Waals surface area contributed by atoms with E-state index < -0.39 is 0 Å². The van der Waals surface area contributed by atoms with Gasteiger partial charge in [-0.1, -0.05) is 19.9 Å². The summed E-state index contributed by atoms with van der Waals surface area (Å²) < 4.78 is 1.55. The van der Waals surface area contributed by atoms with Crippen molar-refractivity contribution in [3.8, 4) is 5.69 Å². The van der Waals surface area contributed by atoms with E-state index in [0.29, 0.717) is 10.8 Å². The number of nitrogens with zero attached hydrogens (tertiary/aromatic N) is 5. The van der Waals surface area contributed by atoms with E-state index in [1.54, 1.807) is 4.68 Å². The maximum atomic E-state index is 12.6. The predicted molar refractivity (Wildman–Crippen MR) is 92.8 cm³/mol. The van der Waals surface area contributed by atoms with Gasteiger partial charge in [-0.2, -0.15) is 0 Å². The molecule has 124 valence electrons.